The first-order valence-electron chi connectivity index (χ1n) is 4.47. The van der Waals surface area contributed by atoms with Crippen molar-refractivity contribution in [2.75, 3.05) is 0 Å². The van der Waals surface area contributed by atoms with E-state index in [-0.39, 0.29) is 5.03 Å². The van der Waals surface area contributed by atoms with Crippen LogP contribution in [-0.4, -0.2) is 18.2 Å². The molecule has 86 valence electrons. The van der Waals surface area contributed by atoms with Crippen LogP contribution in [0.4, 0.5) is 0 Å². The molecule has 0 saturated carbocycles. The van der Waals surface area contributed by atoms with E-state index in [1.165, 1.54) is 10.7 Å². The summed E-state index contributed by atoms with van der Waals surface area (Å²) in [5, 5.41) is 3.60. The summed E-state index contributed by atoms with van der Waals surface area (Å²) in [6, 6.07) is 1.39. The lowest BCUT2D eigenvalue weighted by atomic mass is 10.2. The maximum atomic E-state index is 10.9. The topological polar surface area (TPSA) is 52.0 Å². The Bertz CT molecular complexity index is 449. The molecule has 0 aromatic carbocycles. The number of hydrogen-bond acceptors (Lipinski definition) is 3. The number of aromatic nitrogens is 2. The number of allylic oxidation sites excluding steroid dienone is 1. The predicted molar refractivity (Wildman–Crippen MR) is 62.3 cm³/mol. The van der Waals surface area contributed by atoms with Gasteiger partial charge in [0.05, 0.1) is 5.69 Å². The van der Waals surface area contributed by atoms with Crippen molar-refractivity contribution in [2.45, 2.75) is 25.8 Å². The minimum Gasteiger partial charge on any atom is -0.267 e. The number of hydrogen-bond donors (Lipinski definition) is 0. The molecular formula is C9H15ClN2O2S. The van der Waals surface area contributed by atoms with E-state index in [4.69, 9.17) is 10.7 Å². The van der Waals surface area contributed by atoms with Gasteiger partial charge in [-0.3, -0.25) is 4.68 Å². The Morgan fingerprint density at radius 1 is 1.53 bits per heavy atom. The van der Waals surface area contributed by atoms with E-state index in [2.05, 4.69) is 11.7 Å². The van der Waals surface area contributed by atoms with Crippen LogP contribution in [0.15, 0.2) is 17.7 Å². The third-order valence-electron chi connectivity index (χ3n) is 1.54. The molecule has 0 unspecified atom stereocenters. The van der Waals surface area contributed by atoms with Crippen LogP contribution in [-0.2, 0) is 16.1 Å². The first-order valence-corrected chi connectivity index (χ1v) is 6.78. The summed E-state index contributed by atoms with van der Waals surface area (Å²) < 4.78 is 23.2. The van der Waals surface area contributed by atoms with Crippen LogP contribution >= 0.6 is 10.7 Å². The smallest absolute Gasteiger partial charge is 0.267 e. The molecule has 0 saturated heterocycles. The quantitative estimate of drug-likeness (QED) is 0.758. The number of halogens is 1. The average molecular weight is 251 g/mol. The Labute approximate surface area is 95.0 Å². The van der Waals surface area contributed by atoms with E-state index in [9.17, 15) is 8.42 Å². The predicted octanol–water partition coefficient (Wildman–Crippen LogP) is 2.41. The molecule has 0 bridgehead atoms. The largest absolute Gasteiger partial charge is 0.280 e. The van der Waals surface area contributed by atoms with Gasteiger partial charge in [0.15, 0.2) is 5.03 Å². The lowest BCUT2D eigenvalue weighted by Gasteiger charge is -1.96. The summed E-state index contributed by atoms with van der Waals surface area (Å²) in [6.07, 6.45) is 0. The summed E-state index contributed by atoms with van der Waals surface area (Å²) in [5.41, 5.74) is 1.39. The Hall–Kier alpha value is -0.810. The van der Waals surface area contributed by atoms with Gasteiger partial charge >= 0.3 is 0 Å². The summed E-state index contributed by atoms with van der Waals surface area (Å²) in [6.45, 7) is 9.45. The zero-order chi connectivity index (χ0) is 12.2. The lowest BCUT2D eigenvalue weighted by Crippen LogP contribution is -1.97. The Morgan fingerprint density at radius 2 is 2.00 bits per heavy atom. The van der Waals surface area contributed by atoms with E-state index in [1.54, 1.807) is 14.0 Å². The molecule has 1 aromatic rings. The summed E-state index contributed by atoms with van der Waals surface area (Å²) >= 11 is 0. The molecule has 4 nitrogen and oxygen atoms in total. The number of rotatable bonds is 2. The van der Waals surface area contributed by atoms with Crippen LogP contribution < -0.4 is 0 Å². The molecule has 0 fully saturated rings. The van der Waals surface area contributed by atoms with Crippen LogP contribution in [0.5, 0.6) is 0 Å². The Balaban J connectivity index is 0.000000921. The molecule has 1 aromatic heterocycles. The van der Waals surface area contributed by atoms with Crippen molar-refractivity contribution in [3.05, 3.63) is 18.3 Å². The van der Waals surface area contributed by atoms with Crippen molar-refractivity contribution in [1.29, 1.82) is 0 Å². The maximum absolute atomic E-state index is 10.9. The highest BCUT2D eigenvalue weighted by Gasteiger charge is 2.16. The highest BCUT2D eigenvalue weighted by Crippen LogP contribution is 2.18. The third kappa shape index (κ3) is 3.68. The number of nitrogens with zero attached hydrogens (tertiary/aromatic N) is 2. The fourth-order valence-corrected chi connectivity index (χ4v) is 1.66. The molecule has 0 amide bonds. The normalized spacial score (nSPS) is 10.5. The monoisotopic (exact) mass is 250 g/mol. The second-order valence-corrected chi connectivity index (χ2v) is 5.22. The standard InChI is InChI=1S/C7H9ClN2O2S.C2H6/c1-5(2)6-4-7(9-10(6)3)13(8,11)12;1-2/h4H,1H2,2-3H3;1-2H3. The average Bonchev–Trinajstić information content (AvgIpc) is 2.50. The number of aryl methyl sites for hydroxylation is 1. The van der Waals surface area contributed by atoms with Gasteiger partial charge in [-0.2, -0.15) is 5.10 Å². The molecule has 15 heavy (non-hydrogen) atoms. The molecular weight excluding hydrogens is 236 g/mol. The minimum absolute atomic E-state index is 0.144. The van der Waals surface area contributed by atoms with Crippen molar-refractivity contribution in [3.8, 4) is 0 Å². The molecule has 0 N–H and O–H groups in total. The second-order valence-electron chi connectivity index (χ2n) is 2.71. The Morgan fingerprint density at radius 3 is 2.20 bits per heavy atom. The van der Waals surface area contributed by atoms with Crippen molar-refractivity contribution >= 4 is 25.3 Å². The first kappa shape index (κ1) is 14.2. The van der Waals surface area contributed by atoms with Gasteiger partial charge in [0.2, 0.25) is 0 Å². The van der Waals surface area contributed by atoms with E-state index in [0.29, 0.717) is 5.69 Å². The zero-order valence-electron chi connectivity index (χ0n) is 9.28. The van der Waals surface area contributed by atoms with Gasteiger partial charge in [0, 0.05) is 23.8 Å². The molecule has 1 heterocycles. The molecule has 0 radical (unpaired) electrons. The van der Waals surface area contributed by atoms with Crippen molar-refractivity contribution in [3.63, 3.8) is 0 Å². The van der Waals surface area contributed by atoms with Gasteiger partial charge in [0.25, 0.3) is 9.05 Å². The maximum Gasteiger partial charge on any atom is 0.280 e. The van der Waals surface area contributed by atoms with E-state index in [1.807, 2.05) is 13.8 Å². The van der Waals surface area contributed by atoms with Crippen LogP contribution in [0.2, 0.25) is 0 Å². The lowest BCUT2D eigenvalue weighted by molar-refractivity contribution is 0.601. The van der Waals surface area contributed by atoms with Gasteiger partial charge in [-0.1, -0.05) is 20.4 Å². The highest BCUT2D eigenvalue weighted by atomic mass is 35.7. The van der Waals surface area contributed by atoms with E-state index < -0.39 is 9.05 Å². The summed E-state index contributed by atoms with van der Waals surface area (Å²) in [5.74, 6) is 0. The van der Waals surface area contributed by atoms with Crippen LogP contribution in [0.1, 0.15) is 26.5 Å². The molecule has 0 aliphatic heterocycles. The minimum atomic E-state index is -3.74. The summed E-state index contributed by atoms with van der Waals surface area (Å²) in [7, 11) is 3.01. The molecule has 0 aliphatic rings. The van der Waals surface area contributed by atoms with Gasteiger partial charge < -0.3 is 0 Å². The zero-order valence-corrected chi connectivity index (χ0v) is 10.9. The van der Waals surface area contributed by atoms with E-state index in [0.717, 1.165) is 5.57 Å². The van der Waals surface area contributed by atoms with Gasteiger partial charge in [-0.05, 0) is 12.5 Å². The SMILES string of the molecule is C=C(C)c1cc(S(=O)(=O)Cl)nn1C.CC. The summed E-state index contributed by atoms with van der Waals surface area (Å²) in [4.78, 5) is 0. The Kier molecular flexibility index (Phi) is 5.03. The first-order chi connectivity index (χ1) is 6.82. The highest BCUT2D eigenvalue weighted by molar-refractivity contribution is 8.13. The van der Waals surface area contributed by atoms with Crippen LogP contribution in [0, 0.1) is 0 Å². The van der Waals surface area contributed by atoms with Crippen LogP contribution in [0.25, 0.3) is 5.57 Å². The van der Waals surface area contributed by atoms with E-state index >= 15 is 0 Å². The fraction of sp³-hybridized carbons (Fsp3) is 0.444. The molecule has 0 spiro atoms. The second kappa shape index (κ2) is 5.32. The molecule has 6 heteroatoms. The van der Waals surface area contributed by atoms with Crippen molar-refractivity contribution in [1.82, 2.24) is 9.78 Å². The van der Waals surface area contributed by atoms with Crippen molar-refractivity contribution < 1.29 is 8.42 Å². The fourth-order valence-electron chi connectivity index (χ4n) is 0.960. The molecule has 0 aliphatic carbocycles. The van der Waals surface area contributed by atoms with Gasteiger partial charge in [-0.15, -0.1) is 0 Å². The van der Waals surface area contributed by atoms with Gasteiger partial charge in [0.1, 0.15) is 0 Å². The van der Waals surface area contributed by atoms with Gasteiger partial charge in [-0.25, -0.2) is 8.42 Å². The molecule has 1 rings (SSSR count). The molecule has 0 atom stereocenters. The third-order valence-corrected chi connectivity index (χ3v) is 2.72. The van der Waals surface area contributed by atoms with Crippen molar-refractivity contribution in [2.24, 2.45) is 7.05 Å². The van der Waals surface area contributed by atoms with Crippen LogP contribution in [0.3, 0.4) is 0 Å².